The molecule has 0 aliphatic rings. The molecule has 0 spiro atoms. The molecule has 0 aliphatic heterocycles. The summed E-state index contributed by atoms with van der Waals surface area (Å²) in [6.45, 7) is 8.11. The molecular weight excluding hydrogens is 466 g/mol. The highest BCUT2D eigenvalue weighted by molar-refractivity contribution is 5.94. The van der Waals surface area contributed by atoms with E-state index in [0.29, 0.717) is 11.4 Å². The molecule has 1 aromatic heterocycles. The van der Waals surface area contributed by atoms with Crippen LogP contribution >= 0.6 is 0 Å². The number of carbonyl (C=O) groups excluding carboxylic acids is 1. The summed E-state index contributed by atoms with van der Waals surface area (Å²) in [5, 5.41) is 20.0. The van der Waals surface area contributed by atoms with Gasteiger partial charge < -0.3 is 16.0 Å². The number of nitrogens with zero attached hydrogens (tertiary/aromatic N) is 4. The first kappa shape index (κ1) is 27.1. The molecule has 3 rings (SSSR count). The molecule has 4 N–H and O–H groups in total. The van der Waals surface area contributed by atoms with Crippen LogP contribution in [0.15, 0.2) is 59.4 Å². The molecule has 0 saturated heterocycles. The summed E-state index contributed by atoms with van der Waals surface area (Å²) in [5.74, 6) is -0.266. The van der Waals surface area contributed by atoms with Gasteiger partial charge in [-0.2, -0.15) is 5.26 Å². The second kappa shape index (κ2) is 12.0. The SMILES string of the molecule is Cc1ccc(C(=O)N(CCNC(=N)N)C(c2nc(C#N)c(C)c(=O)n2Cc2ccccc2)C(C)C)cc1. The largest absolute Gasteiger partial charge is 0.370 e. The van der Waals surface area contributed by atoms with Gasteiger partial charge in [-0.25, -0.2) is 4.98 Å². The van der Waals surface area contributed by atoms with Gasteiger partial charge in [0, 0.05) is 18.7 Å². The van der Waals surface area contributed by atoms with Crippen LogP contribution < -0.4 is 16.6 Å². The van der Waals surface area contributed by atoms with Crippen LogP contribution in [0.2, 0.25) is 0 Å². The first-order valence-corrected chi connectivity index (χ1v) is 12.1. The van der Waals surface area contributed by atoms with Crippen LogP contribution in [-0.4, -0.2) is 39.4 Å². The van der Waals surface area contributed by atoms with Crippen LogP contribution in [0, 0.1) is 36.5 Å². The molecule has 9 nitrogen and oxygen atoms in total. The lowest BCUT2D eigenvalue weighted by atomic mass is 9.98. The molecule has 0 aliphatic carbocycles. The number of benzene rings is 2. The first-order chi connectivity index (χ1) is 17.6. The lowest BCUT2D eigenvalue weighted by molar-refractivity contribution is 0.0608. The number of nitrogens with one attached hydrogen (secondary N) is 2. The fourth-order valence-corrected chi connectivity index (χ4v) is 4.26. The van der Waals surface area contributed by atoms with Crippen LogP contribution in [-0.2, 0) is 6.54 Å². The van der Waals surface area contributed by atoms with Crippen molar-refractivity contribution < 1.29 is 4.79 Å². The Balaban J connectivity index is 2.20. The Labute approximate surface area is 217 Å². The van der Waals surface area contributed by atoms with E-state index in [2.05, 4.69) is 10.3 Å². The number of guanidine groups is 1. The van der Waals surface area contributed by atoms with E-state index in [1.807, 2.05) is 69.3 Å². The second-order valence-corrected chi connectivity index (χ2v) is 9.33. The van der Waals surface area contributed by atoms with Gasteiger partial charge in [0.15, 0.2) is 11.7 Å². The number of carbonyl (C=O) groups is 1. The van der Waals surface area contributed by atoms with Crippen molar-refractivity contribution in [2.45, 2.75) is 40.3 Å². The van der Waals surface area contributed by atoms with Gasteiger partial charge in [-0.3, -0.25) is 19.6 Å². The molecule has 0 fully saturated rings. The monoisotopic (exact) mass is 499 g/mol. The van der Waals surface area contributed by atoms with Gasteiger partial charge in [0.25, 0.3) is 11.5 Å². The van der Waals surface area contributed by atoms with Crippen molar-refractivity contribution in [3.63, 3.8) is 0 Å². The molecule has 0 saturated carbocycles. The van der Waals surface area contributed by atoms with Gasteiger partial charge in [0.2, 0.25) is 0 Å². The Morgan fingerprint density at radius 2 is 1.81 bits per heavy atom. The van der Waals surface area contributed by atoms with Gasteiger partial charge in [-0.1, -0.05) is 61.9 Å². The third kappa shape index (κ3) is 6.41. The van der Waals surface area contributed by atoms with Gasteiger partial charge in [-0.15, -0.1) is 0 Å². The fraction of sp³-hybridized carbons (Fsp3) is 0.321. The molecule has 3 aromatic rings. The van der Waals surface area contributed by atoms with Crippen molar-refractivity contribution in [1.82, 2.24) is 19.8 Å². The number of amides is 1. The van der Waals surface area contributed by atoms with E-state index in [1.165, 1.54) is 0 Å². The predicted molar refractivity (Wildman–Crippen MR) is 143 cm³/mol. The number of nitrogens with two attached hydrogens (primary N) is 1. The molecule has 2 aromatic carbocycles. The molecule has 9 heteroatoms. The molecular formula is C28H33N7O2. The standard InChI is InChI=1S/C28H33N7O2/c1-18(2)24(34(15-14-32-28(30)31)27(37)22-12-10-19(3)11-13-22)25-33-23(16-29)20(4)26(36)35(25)17-21-8-6-5-7-9-21/h5-13,18,24H,14-15,17H2,1-4H3,(H4,30,31,32). The summed E-state index contributed by atoms with van der Waals surface area (Å²) in [7, 11) is 0. The number of aromatic nitrogens is 2. The highest BCUT2D eigenvalue weighted by Crippen LogP contribution is 2.29. The molecule has 1 heterocycles. The van der Waals surface area contributed by atoms with Crippen molar-refractivity contribution in [3.8, 4) is 6.07 Å². The van der Waals surface area contributed by atoms with E-state index in [-0.39, 0.29) is 54.2 Å². The summed E-state index contributed by atoms with van der Waals surface area (Å²) in [6, 6.07) is 18.2. The Morgan fingerprint density at radius 3 is 2.38 bits per heavy atom. The maximum absolute atomic E-state index is 13.9. The molecule has 37 heavy (non-hydrogen) atoms. The van der Waals surface area contributed by atoms with E-state index in [0.717, 1.165) is 11.1 Å². The highest BCUT2D eigenvalue weighted by Gasteiger charge is 2.33. The van der Waals surface area contributed by atoms with Gasteiger partial charge >= 0.3 is 0 Å². The molecule has 1 unspecified atom stereocenters. The lowest BCUT2D eigenvalue weighted by Gasteiger charge is -2.35. The van der Waals surface area contributed by atoms with Crippen LogP contribution in [0.5, 0.6) is 0 Å². The summed E-state index contributed by atoms with van der Waals surface area (Å²) >= 11 is 0. The average molecular weight is 500 g/mol. The van der Waals surface area contributed by atoms with E-state index < -0.39 is 6.04 Å². The average Bonchev–Trinajstić information content (AvgIpc) is 2.87. The zero-order valence-corrected chi connectivity index (χ0v) is 21.7. The molecule has 0 radical (unpaired) electrons. The summed E-state index contributed by atoms with van der Waals surface area (Å²) in [4.78, 5) is 33.7. The van der Waals surface area contributed by atoms with Crippen LogP contribution in [0.1, 0.15) is 58.5 Å². The Morgan fingerprint density at radius 1 is 1.16 bits per heavy atom. The number of aryl methyl sites for hydroxylation is 1. The number of nitriles is 1. The van der Waals surface area contributed by atoms with E-state index in [1.54, 1.807) is 28.5 Å². The van der Waals surface area contributed by atoms with Crippen LogP contribution in [0.4, 0.5) is 0 Å². The molecule has 1 amide bonds. The normalized spacial score (nSPS) is 11.6. The van der Waals surface area contributed by atoms with Gasteiger partial charge in [0.1, 0.15) is 11.9 Å². The minimum atomic E-state index is -0.633. The van der Waals surface area contributed by atoms with Crippen molar-refractivity contribution in [1.29, 1.82) is 10.7 Å². The minimum Gasteiger partial charge on any atom is -0.370 e. The van der Waals surface area contributed by atoms with Crippen LogP contribution in [0.3, 0.4) is 0 Å². The predicted octanol–water partition coefficient (Wildman–Crippen LogP) is 3.10. The highest BCUT2D eigenvalue weighted by atomic mass is 16.2. The Bertz CT molecular complexity index is 1360. The van der Waals surface area contributed by atoms with Crippen molar-refractivity contribution >= 4 is 11.9 Å². The summed E-state index contributed by atoms with van der Waals surface area (Å²) in [5.41, 5.74) is 7.89. The fourth-order valence-electron chi connectivity index (χ4n) is 4.26. The topological polar surface area (TPSA) is 141 Å². The van der Waals surface area contributed by atoms with E-state index in [4.69, 9.17) is 11.1 Å². The summed E-state index contributed by atoms with van der Waals surface area (Å²) < 4.78 is 1.56. The van der Waals surface area contributed by atoms with Gasteiger partial charge in [-0.05, 0) is 37.5 Å². The summed E-state index contributed by atoms with van der Waals surface area (Å²) in [6.07, 6.45) is 0. The maximum Gasteiger partial charge on any atom is 0.258 e. The third-order valence-corrected chi connectivity index (χ3v) is 6.17. The minimum absolute atomic E-state index is 0.0413. The van der Waals surface area contributed by atoms with Crippen molar-refractivity contribution in [3.05, 3.63) is 98.7 Å². The number of hydrogen-bond acceptors (Lipinski definition) is 5. The molecule has 0 bridgehead atoms. The smallest absolute Gasteiger partial charge is 0.258 e. The first-order valence-electron chi connectivity index (χ1n) is 12.1. The molecule has 1 atom stereocenters. The van der Waals surface area contributed by atoms with Gasteiger partial charge in [0.05, 0.1) is 18.2 Å². The second-order valence-electron chi connectivity index (χ2n) is 9.33. The lowest BCUT2D eigenvalue weighted by Crippen LogP contribution is -2.46. The zero-order chi connectivity index (χ0) is 27.1. The van der Waals surface area contributed by atoms with E-state index >= 15 is 0 Å². The van der Waals surface area contributed by atoms with Crippen molar-refractivity contribution in [2.24, 2.45) is 11.7 Å². The number of hydrogen-bond donors (Lipinski definition) is 3. The maximum atomic E-state index is 13.9. The molecule has 192 valence electrons. The van der Waals surface area contributed by atoms with E-state index in [9.17, 15) is 14.9 Å². The van der Waals surface area contributed by atoms with Crippen molar-refractivity contribution in [2.75, 3.05) is 13.1 Å². The Hall–Kier alpha value is -4.45. The van der Waals surface area contributed by atoms with Crippen LogP contribution in [0.25, 0.3) is 0 Å². The third-order valence-electron chi connectivity index (χ3n) is 6.17. The quantitative estimate of drug-likeness (QED) is 0.305. The Kier molecular flexibility index (Phi) is 8.80. The zero-order valence-electron chi connectivity index (χ0n) is 21.7. The number of rotatable bonds is 9.